The van der Waals surface area contributed by atoms with Crippen molar-refractivity contribution in [1.29, 1.82) is 0 Å². The molecule has 0 saturated heterocycles. The Balaban J connectivity index is 3.93. The molecule has 12 heavy (non-hydrogen) atoms. The van der Waals surface area contributed by atoms with E-state index in [0.29, 0.717) is 0 Å². The minimum absolute atomic E-state index is 0.0694. The van der Waals surface area contributed by atoms with Crippen LogP contribution in [0.2, 0.25) is 0 Å². The van der Waals surface area contributed by atoms with E-state index in [4.69, 9.17) is 0 Å². The first-order valence-corrected chi connectivity index (χ1v) is 4.43. The molecule has 4 nitrogen and oxygen atoms in total. The molecular formula is C7H10O4Si. The summed E-state index contributed by atoms with van der Waals surface area (Å²) >= 11 is 0. The van der Waals surface area contributed by atoms with Crippen LogP contribution in [0.1, 0.15) is 13.8 Å². The van der Waals surface area contributed by atoms with E-state index in [-0.39, 0.29) is 9.52 Å². The summed E-state index contributed by atoms with van der Waals surface area (Å²) in [5, 5.41) is 0. The number of ether oxygens (including phenoxy) is 2. The fourth-order valence-corrected chi connectivity index (χ4v) is 1.15. The fraction of sp³-hybridized carbons (Fsp3) is 0.429. The SMILES string of the molecule is C=C[Si]C(OC(C)=O)OC(C)=O. The van der Waals surface area contributed by atoms with Gasteiger partial charge in [-0.1, -0.05) is 5.70 Å². The van der Waals surface area contributed by atoms with Crippen molar-refractivity contribution < 1.29 is 19.1 Å². The molecule has 0 aromatic carbocycles. The summed E-state index contributed by atoms with van der Waals surface area (Å²) in [6.45, 7) is 5.95. The van der Waals surface area contributed by atoms with Crippen LogP contribution in [0.3, 0.4) is 0 Å². The molecule has 0 rings (SSSR count). The van der Waals surface area contributed by atoms with Crippen LogP contribution >= 0.6 is 0 Å². The van der Waals surface area contributed by atoms with Crippen LogP contribution in [0, 0.1) is 0 Å². The molecule has 0 saturated carbocycles. The van der Waals surface area contributed by atoms with Gasteiger partial charge in [-0.15, -0.1) is 6.58 Å². The molecule has 66 valence electrons. The molecule has 0 aliphatic rings. The molecular weight excluding hydrogens is 176 g/mol. The van der Waals surface area contributed by atoms with Gasteiger partial charge in [0.25, 0.3) is 0 Å². The van der Waals surface area contributed by atoms with Crippen molar-refractivity contribution in [2.24, 2.45) is 0 Å². The van der Waals surface area contributed by atoms with Gasteiger partial charge in [0.1, 0.15) is 0 Å². The molecule has 0 aliphatic carbocycles. The van der Waals surface area contributed by atoms with E-state index in [1.165, 1.54) is 19.5 Å². The van der Waals surface area contributed by atoms with Crippen LogP contribution < -0.4 is 0 Å². The first-order valence-electron chi connectivity index (χ1n) is 3.27. The second-order valence-electron chi connectivity index (χ2n) is 1.92. The van der Waals surface area contributed by atoms with Gasteiger partial charge in [-0.2, -0.15) is 0 Å². The quantitative estimate of drug-likeness (QED) is 0.358. The Morgan fingerprint density at radius 2 is 1.75 bits per heavy atom. The highest BCUT2D eigenvalue weighted by Crippen LogP contribution is 1.94. The largest absolute Gasteiger partial charge is 0.430 e. The lowest BCUT2D eigenvalue weighted by molar-refractivity contribution is -0.171. The predicted molar refractivity (Wildman–Crippen MR) is 43.3 cm³/mol. The second kappa shape index (κ2) is 5.53. The van der Waals surface area contributed by atoms with Crippen molar-refractivity contribution in [2.45, 2.75) is 19.8 Å². The monoisotopic (exact) mass is 186 g/mol. The first-order chi connectivity index (χ1) is 5.56. The zero-order valence-electron chi connectivity index (χ0n) is 6.99. The number of rotatable bonds is 4. The van der Waals surface area contributed by atoms with Gasteiger partial charge in [0.15, 0.2) is 9.52 Å². The Hall–Kier alpha value is -1.10. The summed E-state index contributed by atoms with van der Waals surface area (Å²) in [6, 6.07) is 0. The zero-order chi connectivity index (χ0) is 9.56. The highest BCUT2D eigenvalue weighted by molar-refractivity contribution is 6.43. The van der Waals surface area contributed by atoms with E-state index >= 15 is 0 Å². The molecule has 0 fully saturated rings. The van der Waals surface area contributed by atoms with Crippen LogP contribution in [-0.2, 0) is 19.1 Å². The van der Waals surface area contributed by atoms with Crippen molar-refractivity contribution in [2.75, 3.05) is 0 Å². The minimum Gasteiger partial charge on any atom is -0.430 e. The Morgan fingerprint density at radius 1 is 1.33 bits per heavy atom. The third-order valence-electron chi connectivity index (χ3n) is 0.800. The van der Waals surface area contributed by atoms with Gasteiger partial charge in [-0.3, -0.25) is 9.59 Å². The topological polar surface area (TPSA) is 52.6 Å². The van der Waals surface area contributed by atoms with Crippen LogP contribution in [0.5, 0.6) is 0 Å². The molecule has 0 aromatic heterocycles. The average molecular weight is 186 g/mol. The number of esters is 2. The molecule has 0 N–H and O–H groups in total. The van der Waals surface area contributed by atoms with E-state index in [1.807, 2.05) is 0 Å². The average Bonchev–Trinajstić information content (AvgIpc) is 1.84. The van der Waals surface area contributed by atoms with Gasteiger partial charge in [-0.25, -0.2) is 0 Å². The van der Waals surface area contributed by atoms with Crippen molar-refractivity contribution in [1.82, 2.24) is 0 Å². The number of carbonyl (C=O) groups excluding carboxylic acids is 2. The van der Waals surface area contributed by atoms with Gasteiger partial charge in [-0.05, 0) is 0 Å². The summed E-state index contributed by atoms with van der Waals surface area (Å²) in [4.78, 5) is 20.9. The first kappa shape index (κ1) is 10.9. The van der Waals surface area contributed by atoms with Crippen LogP contribution in [0.4, 0.5) is 0 Å². The molecule has 0 spiro atoms. The molecule has 0 heterocycles. The van der Waals surface area contributed by atoms with Gasteiger partial charge in [0.2, 0.25) is 5.91 Å². The van der Waals surface area contributed by atoms with E-state index in [0.717, 1.165) is 0 Å². The van der Waals surface area contributed by atoms with Crippen molar-refractivity contribution in [3.8, 4) is 0 Å². The van der Waals surface area contributed by atoms with Gasteiger partial charge in [0, 0.05) is 13.8 Å². The molecule has 0 amide bonds. The Labute approximate surface area is 73.4 Å². The number of hydrogen-bond acceptors (Lipinski definition) is 4. The van der Waals surface area contributed by atoms with Crippen molar-refractivity contribution in [3.63, 3.8) is 0 Å². The summed E-state index contributed by atoms with van der Waals surface area (Å²) in [5.41, 5.74) is 1.54. The van der Waals surface area contributed by atoms with Gasteiger partial charge in [0.05, 0.1) is 0 Å². The van der Waals surface area contributed by atoms with Gasteiger partial charge >= 0.3 is 11.9 Å². The van der Waals surface area contributed by atoms with Crippen LogP contribution in [-0.4, -0.2) is 27.4 Å². The third-order valence-corrected chi connectivity index (χ3v) is 1.54. The smallest absolute Gasteiger partial charge is 0.305 e. The Bertz CT molecular complexity index is 174. The van der Waals surface area contributed by atoms with Crippen molar-refractivity contribution in [3.05, 3.63) is 12.3 Å². The van der Waals surface area contributed by atoms with E-state index in [9.17, 15) is 9.59 Å². The third kappa shape index (κ3) is 5.66. The number of carbonyl (C=O) groups is 2. The summed E-state index contributed by atoms with van der Waals surface area (Å²) in [5.74, 6) is -1.76. The van der Waals surface area contributed by atoms with Crippen LogP contribution in [0.15, 0.2) is 12.3 Å². The maximum atomic E-state index is 10.5. The Kier molecular flexibility index (Phi) is 5.03. The molecule has 0 aliphatic heterocycles. The maximum absolute atomic E-state index is 10.5. The molecule has 2 radical (unpaired) electrons. The van der Waals surface area contributed by atoms with E-state index in [2.05, 4.69) is 16.1 Å². The van der Waals surface area contributed by atoms with E-state index in [1.54, 1.807) is 0 Å². The lowest BCUT2D eigenvalue weighted by Crippen LogP contribution is -2.27. The van der Waals surface area contributed by atoms with Gasteiger partial charge < -0.3 is 9.47 Å². The highest BCUT2D eigenvalue weighted by Gasteiger charge is 2.13. The minimum atomic E-state index is -0.808. The molecule has 0 atom stereocenters. The van der Waals surface area contributed by atoms with Crippen LogP contribution in [0.25, 0.3) is 0 Å². The van der Waals surface area contributed by atoms with Crippen molar-refractivity contribution >= 4 is 21.5 Å². The molecule has 5 heteroatoms. The molecule has 0 aromatic rings. The standard InChI is InChI=1S/C7H10O4Si/c1-4-12-7(10-5(2)8)11-6(3)9/h4,7H,1H2,2-3H3. The second-order valence-corrected chi connectivity index (χ2v) is 3.13. The summed E-state index contributed by atoms with van der Waals surface area (Å²) < 4.78 is 9.32. The zero-order valence-corrected chi connectivity index (χ0v) is 7.99. The van der Waals surface area contributed by atoms with E-state index < -0.39 is 17.9 Å². The highest BCUT2D eigenvalue weighted by atomic mass is 28.2. The number of hydrogen-bond donors (Lipinski definition) is 0. The maximum Gasteiger partial charge on any atom is 0.305 e. The Morgan fingerprint density at radius 3 is 2.00 bits per heavy atom. The summed E-state index contributed by atoms with van der Waals surface area (Å²) in [7, 11) is 0.0694. The molecule has 0 unspecified atom stereocenters. The molecule has 0 bridgehead atoms. The fourth-order valence-electron chi connectivity index (χ4n) is 0.490. The summed E-state index contributed by atoms with van der Waals surface area (Å²) in [6.07, 6.45) is 0. The lowest BCUT2D eigenvalue weighted by atomic mass is 10.8. The normalized spacial score (nSPS) is 9.25. The lowest BCUT2D eigenvalue weighted by Gasteiger charge is -2.13. The predicted octanol–water partition coefficient (Wildman–Crippen LogP) is 0.244.